The first-order chi connectivity index (χ1) is 15.3. The number of ether oxygens (including phenoxy) is 2. The van der Waals surface area contributed by atoms with E-state index in [4.69, 9.17) is 9.47 Å². The molecule has 4 aliphatic rings. The van der Waals surface area contributed by atoms with Gasteiger partial charge >= 0.3 is 0 Å². The third-order valence-corrected chi connectivity index (χ3v) is 9.31. The van der Waals surface area contributed by atoms with Crippen molar-refractivity contribution >= 4 is 11.6 Å². The monoisotopic (exact) mass is 472 g/mol. The van der Waals surface area contributed by atoms with Crippen molar-refractivity contribution in [2.75, 3.05) is 14.2 Å². The summed E-state index contributed by atoms with van der Waals surface area (Å²) in [6.07, 6.45) is -3.63. The Morgan fingerprint density at radius 2 is 1.82 bits per heavy atom. The molecule has 9 atom stereocenters. The summed E-state index contributed by atoms with van der Waals surface area (Å²) in [5.41, 5.74) is -8.30. The zero-order chi connectivity index (χ0) is 24.7. The lowest BCUT2D eigenvalue weighted by Gasteiger charge is -2.63. The molecule has 2 N–H and O–H groups in total. The minimum atomic E-state index is -2.50. The van der Waals surface area contributed by atoms with Gasteiger partial charge in [0.2, 0.25) is 17.9 Å². The van der Waals surface area contributed by atoms with E-state index >= 15 is 8.78 Å². The topological polar surface area (TPSA) is 93.1 Å². The van der Waals surface area contributed by atoms with Gasteiger partial charge < -0.3 is 19.7 Å². The van der Waals surface area contributed by atoms with Crippen LogP contribution in [0.15, 0.2) is 23.6 Å². The lowest BCUT2D eigenvalue weighted by atomic mass is 9.44. The van der Waals surface area contributed by atoms with E-state index in [0.29, 0.717) is 0 Å². The number of carbonyl (C=O) groups is 2. The number of Topliss-reactive ketones (excluding diaryl/α,β-unsaturated/α-hetero) is 1. The Morgan fingerprint density at radius 1 is 1.21 bits per heavy atom. The molecule has 0 aliphatic heterocycles. The highest BCUT2D eigenvalue weighted by molar-refractivity contribution is 6.04. The Kier molecular flexibility index (Phi) is 5.56. The number of halogens is 3. The maximum Gasteiger partial charge on any atom is 0.220 e. The second kappa shape index (κ2) is 7.47. The summed E-state index contributed by atoms with van der Waals surface area (Å²) in [6, 6.07) is 0. The number of carbonyl (C=O) groups excluding carboxylic acids is 2. The standard InChI is InChI=1S/C24H31F3O6/c1-11-8-12-13-9-14(25)17-18(26)15(28)6-7-21(17,2)23(13,27)16(29)10-22(12,3)24(11,31)19(30)20(32-4)33-5/h6-7,11-14,16,20,29,31H,8-10H2,1-5H3/t11?,12-,13-,14?,16?,21-,22-,23-,24-/m0/s1. The van der Waals surface area contributed by atoms with Crippen molar-refractivity contribution in [3.8, 4) is 0 Å². The predicted octanol–water partition coefficient (Wildman–Crippen LogP) is 2.77. The summed E-state index contributed by atoms with van der Waals surface area (Å²) in [5, 5.41) is 23.0. The van der Waals surface area contributed by atoms with E-state index in [1.807, 2.05) is 0 Å². The number of aliphatic hydroxyl groups excluding tert-OH is 1. The summed E-state index contributed by atoms with van der Waals surface area (Å²) in [5.74, 6) is -5.58. The van der Waals surface area contributed by atoms with Crippen molar-refractivity contribution in [3.05, 3.63) is 23.6 Å². The second-order valence-electron chi connectivity index (χ2n) is 10.5. The molecule has 0 bridgehead atoms. The van der Waals surface area contributed by atoms with Gasteiger partial charge in [0.25, 0.3) is 0 Å². The maximum absolute atomic E-state index is 17.1. The van der Waals surface area contributed by atoms with Crippen LogP contribution >= 0.6 is 0 Å². The molecule has 3 saturated carbocycles. The fourth-order valence-electron chi connectivity index (χ4n) is 7.65. The molecule has 4 aliphatic carbocycles. The Hall–Kier alpha value is -1.55. The highest BCUT2D eigenvalue weighted by Gasteiger charge is 2.77. The van der Waals surface area contributed by atoms with E-state index in [9.17, 15) is 24.2 Å². The van der Waals surface area contributed by atoms with Crippen LogP contribution in [-0.2, 0) is 19.1 Å². The summed E-state index contributed by atoms with van der Waals surface area (Å²) in [6.45, 7) is 4.56. The summed E-state index contributed by atoms with van der Waals surface area (Å²) >= 11 is 0. The normalized spacial score (nSPS) is 49.2. The summed E-state index contributed by atoms with van der Waals surface area (Å²) in [4.78, 5) is 25.2. The van der Waals surface area contributed by atoms with Crippen molar-refractivity contribution in [1.29, 1.82) is 0 Å². The Labute approximate surface area is 190 Å². The molecule has 0 amide bonds. The van der Waals surface area contributed by atoms with Crippen molar-refractivity contribution in [1.82, 2.24) is 0 Å². The Balaban J connectivity index is 1.86. The minimum Gasteiger partial charge on any atom is -0.390 e. The van der Waals surface area contributed by atoms with E-state index in [0.717, 1.165) is 12.2 Å². The molecule has 0 spiro atoms. The molecule has 0 heterocycles. The average Bonchev–Trinajstić information content (AvgIpc) is 2.95. The van der Waals surface area contributed by atoms with Crippen LogP contribution in [0.5, 0.6) is 0 Å². The van der Waals surface area contributed by atoms with Gasteiger partial charge in [-0.2, -0.15) is 0 Å². The number of allylic oxidation sites excluding steroid dienone is 4. The first kappa shape index (κ1) is 24.6. The van der Waals surface area contributed by atoms with Gasteiger partial charge in [0.15, 0.2) is 11.5 Å². The zero-order valence-electron chi connectivity index (χ0n) is 19.4. The maximum atomic E-state index is 17.1. The van der Waals surface area contributed by atoms with Crippen LogP contribution in [0.25, 0.3) is 0 Å². The van der Waals surface area contributed by atoms with Gasteiger partial charge in [-0.1, -0.05) is 19.9 Å². The predicted molar refractivity (Wildman–Crippen MR) is 111 cm³/mol. The molecule has 3 fully saturated rings. The van der Waals surface area contributed by atoms with Crippen LogP contribution in [0.1, 0.15) is 40.0 Å². The zero-order valence-corrected chi connectivity index (χ0v) is 19.4. The minimum absolute atomic E-state index is 0.189. The van der Waals surface area contributed by atoms with Gasteiger partial charge in [-0.3, -0.25) is 9.59 Å². The number of alkyl halides is 2. The molecule has 4 rings (SSSR count). The Morgan fingerprint density at radius 3 is 2.39 bits per heavy atom. The van der Waals surface area contributed by atoms with Crippen molar-refractivity contribution in [3.63, 3.8) is 0 Å². The number of ketones is 2. The van der Waals surface area contributed by atoms with Crippen LogP contribution < -0.4 is 0 Å². The van der Waals surface area contributed by atoms with E-state index < -0.39 is 87.8 Å². The first-order valence-corrected chi connectivity index (χ1v) is 11.2. The molecule has 184 valence electrons. The number of hydrogen-bond donors (Lipinski definition) is 2. The van der Waals surface area contributed by atoms with Crippen LogP contribution in [-0.4, -0.2) is 65.8 Å². The molecule has 9 heteroatoms. The number of fused-ring (bicyclic) bond motifs is 5. The number of aliphatic hydroxyl groups is 2. The van der Waals surface area contributed by atoms with Crippen molar-refractivity contribution < 1.29 is 42.4 Å². The molecule has 33 heavy (non-hydrogen) atoms. The molecule has 3 unspecified atom stereocenters. The van der Waals surface area contributed by atoms with Crippen molar-refractivity contribution in [2.24, 2.45) is 28.6 Å². The third-order valence-electron chi connectivity index (χ3n) is 9.31. The van der Waals surface area contributed by atoms with Gasteiger partial charge in [-0.25, -0.2) is 13.2 Å². The Bertz CT molecular complexity index is 946. The molecule has 0 radical (unpaired) electrons. The molecular formula is C24H31F3O6. The largest absolute Gasteiger partial charge is 0.390 e. The van der Waals surface area contributed by atoms with Crippen molar-refractivity contribution in [2.45, 2.75) is 69.9 Å². The molecule has 0 aromatic carbocycles. The van der Waals surface area contributed by atoms with E-state index in [1.165, 1.54) is 21.1 Å². The molecular weight excluding hydrogens is 441 g/mol. The lowest BCUT2D eigenvalue weighted by Crippen LogP contribution is -2.71. The van der Waals surface area contributed by atoms with Crippen LogP contribution in [0.2, 0.25) is 0 Å². The SMILES string of the molecule is COC(OC)C(=O)[C@@]1(O)C(C)C[C@H]2[C@@H]3CC(F)C4=C(F)C(=O)C=C[C@]4(C)[C@@]3(F)C(O)C[C@@]21C. The fraction of sp³-hybridized carbons (Fsp3) is 0.750. The second-order valence-corrected chi connectivity index (χ2v) is 10.5. The van der Waals surface area contributed by atoms with Gasteiger partial charge in [0, 0.05) is 36.5 Å². The third kappa shape index (κ3) is 2.71. The quantitative estimate of drug-likeness (QED) is 0.612. The van der Waals surface area contributed by atoms with E-state index in [2.05, 4.69) is 0 Å². The van der Waals surface area contributed by atoms with Gasteiger partial charge in [-0.15, -0.1) is 0 Å². The summed E-state index contributed by atoms with van der Waals surface area (Å²) in [7, 11) is 2.51. The van der Waals surface area contributed by atoms with Crippen LogP contribution in [0, 0.1) is 28.6 Å². The van der Waals surface area contributed by atoms with E-state index in [1.54, 1.807) is 13.8 Å². The first-order valence-electron chi connectivity index (χ1n) is 11.2. The lowest BCUT2D eigenvalue weighted by molar-refractivity contribution is -0.231. The smallest absolute Gasteiger partial charge is 0.220 e. The number of hydrogen-bond acceptors (Lipinski definition) is 6. The summed E-state index contributed by atoms with van der Waals surface area (Å²) < 4.78 is 57.4. The highest BCUT2D eigenvalue weighted by Crippen LogP contribution is 2.71. The average molecular weight is 473 g/mol. The molecule has 0 saturated heterocycles. The van der Waals surface area contributed by atoms with Gasteiger partial charge in [0.05, 0.1) is 6.10 Å². The highest BCUT2D eigenvalue weighted by atomic mass is 19.2. The van der Waals surface area contributed by atoms with E-state index in [-0.39, 0.29) is 12.8 Å². The molecule has 0 aromatic rings. The number of methoxy groups -OCH3 is 2. The number of rotatable bonds is 4. The van der Waals surface area contributed by atoms with Gasteiger partial charge in [-0.05, 0) is 44.1 Å². The fourth-order valence-corrected chi connectivity index (χ4v) is 7.65. The molecule has 6 nitrogen and oxygen atoms in total. The van der Waals surface area contributed by atoms with Crippen LogP contribution in [0.4, 0.5) is 13.2 Å². The molecule has 0 aromatic heterocycles. The van der Waals surface area contributed by atoms with Gasteiger partial charge in [0.1, 0.15) is 11.8 Å². The van der Waals surface area contributed by atoms with Crippen LogP contribution in [0.3, 0.4) is 0 Å².